The third-order valence-electron chi connectivity index (χ3n) is 5.56. The summed E-state index contributed by atoms with van der Waals surface area (Å²) in [6.07, 6.45) is 2.08. The first-order valence-electron chi connectivity index (χ1n) is 11.7. The van der Waals surface area contributed by atoms with E-state index in [1.54, 1.807) is 48.5 Å². The molecule has 0 aliphatic heterocycles. The van der Waals surface area contributed by atoms with E-state index >= 15 is 0 Å². The van der Waals surface area contributed by atoms with Crippen molar-refractivity contribution in [2.24, 2.45) is 0 Å². The van der Waals surface area contributed by atoms with Crippen molar-refractivity contribution in [1.29, 1.82) is 0 Å². The number of rotatable bonds is 10. The molecular weight excluding hydrogens is 490 g/mol. The number of aromatic nitrogens is 2. The van der Waals surface area contributed by atoms with E-state index in [4.69, 9.17) is 4.74 Å². The maximum absolute atomic E-state index is 13.7. The number of hydrogen-bond acceptors (Lipinski definition) is 8. The van der Waals surface area contributed by atoms with Gasteiger partial charge in [-0.05, 0) is 43.7 Å². The van der Waals surface area contributed by atoms with E-state index in [-0.39, 0.29) is 18.0 Å². The first-order valence-corrected chi connectivity index (χ1v) is 11.7. The van der Waals surface area contributed by atoms with Crippen molar-refractivity contribution in [2.45, 2.75) is 31.5 Å². The van der Waals surface area contributed by atoms with Crippen LogP contribution in [0.25, 0.3) is 0 Å². The van der Waals surface area contributed by atoms with Crippen LogP contribution in [0, 0.1) is 0 Å². The number of hydrogen-bond donors (Lipinski definition) is 3. The summed E-state index contributed by atoms with van der Waals surface area (Å²) in [5, 5.41) is 7.74. The summed E-state index contributed by atoms with van der Waals surface area (Å²) in [6.45, 7) is 2.46. The number of nitrogens with one attached hydrogen (secondary N) is 3. The van der Waals surface area contributed by atoms with Crippen molar-refractivity contribution >= 4 is 23.9 Å². The number of carbonyl (C=O) groups is 4. The zero-order chi connectivity index (χ0) is 27.6. The topological polar surface area (TPSA) is 149 Å². The molecule has 0 unspecified atom stereocenters. The number of ether oxygens (including phenoxy) is 2. The highest BCUT2D eigenvalue weighted by Crippen LogP contribution is 2.28. The minimum atomic E-state index is -1.96. The number of nitrogens with zero attached hydrogens (tertiary/aromatic N) is 2. The third-order valence-corrected chi connectivity index (χ3v) is 5.56. The molecule has 0 radical (unpaired) electrons. The summed E-state index contributed by atoms with van der Waals surface area (Å²) >= 11 is 0. The molecule has 3 rings (SSSR count). The smallest absolute Gasteiger partial charge is 0.408 e. The Hall–Kier alpha value is -4.80. The van der Waals surface area contributed by atoms with Crippen LogP contribution in [0.2, 0.25) is 0 Å². The first-order chi connectivity index (χ1) is 18.2. The van der Waals surface area contributed by atoms with Gasteiger partial charge in [0.25, 0.3) is 5.91 Å². The standard InChI is InChI=1S/C27H29N5O6/c1-26(2,32-25(36)38-18-19-11-5-4-6-12-19)23(34)31-27(20-13-7-9-15-28-20,21-14-8-10-16-29-21)24(35)30-17-22(33)37-3/h4-16H,17-18H2,1-3H3,(H,30,35)(H,31,34)(H,32,36). The van der Waals surface area contributed by atoms with Crippen LogP contribution >= 0.6 is 0 Å². The first kappa shape index (κ1) is 27.8. The van der Waals surface area contributed by atoms with E-state index in [1.165, 1.54) is 33.4 Å². The molecule has 38 heavy (non-hydrogen) atoms. The molecule has 198 valence electrons. The lowest BCUT2D eigenvalue weighted by Gasteiger charge is -2.35. The number of amides is 3. The largest absolute Gasteiger partial charge is 0.468 e. The fourth-order valence-electron chi connectivity index (χ4n) is 3.47. The molecule has 0 bridgehead atoms. The zero-order valence-electron chi connectivity index (χ0n) is 21.3. The summed E-state index contributed by atoms with van der Waals surface area (Å²) in [5.41, 5.74) is -2.45. The normalized spacial score (nSPS) is 11.1. The monoisotopic (exact) mass is 519 g/mol. The molecule has 0 spiro atoms. The average molecular weight is 520 g/mol. The van der Waals surface area contributed by atoms with E-state index < -0.39 is 41.5 Å². The predicted molar refractivity (Wildman–Crippen MR) is 136 cm³/mol. The summed E-state index contributed by atoms with van der Waals surface area (Å²) in [5.74, 6) is -2.21. The molecule has 0 saturated carbocycles. The summed E-state index contributed by atoms with van der Waals surface area (Å²) in [7, 11) is 1.19. The molecule has 3 N–H and O–H groups in total. The Morgan fingerprint density at radius 1 is 0.789 bits per heavy atom. The van der Waals surface area contributed by atoms with Crippen LogP contribution in [0.5, 0.6) is 0 Å². The van der Waals surface area contributed by atoms with Crippen LogP contribution in [-0.4, -0.2) is 53.0 Å². The second-order valence-corrected chi connectivity index (χ2v) is 8.70. The van der Waals surface area contributed by atoms with Crippen LogP contribution in [0.15, 0.2) is 79.1 Å². The van der Waals surface area contributed by atoms with Crippen molar-refractivity contribution in [3.05, 3.63) is 96.1 Å². The highest BCUT2D eigenvalue weighted by atomic mass is 16.5. The number of benzene rings is 1. The lowest BCUT2D eigenvalue weighted by molar-refractivity contribution is -0.142. The van der Waals surface area contributed by atoms with Crippen molar-refractivity contribution in [3.8, 4) is 0 Å². The van der Waals surface area contributed by atoms with Gasteiger partial charge in [0.15, 0.2) is 0 Å². The Morgan fingerprint density at radius 2 is 1.37 bits per heavy atom. The summed E-state index contributed by atoms with van der Waals surface area (Å²) < 4.78 is 9.88. The molecule has 1 aromatic carbocycles. The van der Waals surface area contributed by atoms with Crippen molar-refractivity contribution in [3.63, 3.8) is 0 Å². The van der Waals surface area contributed by atoms with E-state index in [1.807, 2.05) is 18.2 Å². The second-order valence-electron chi connectivity index (χ2n) is 8.70. The van der Waals surface area contributed by atoms with Crippen LogP contribution in [0.1, 0.15) is 30.8 Å². The molecule has 0 atom stereocenters. The molecule has 3 amide bonds. The fourth-order valence-corrected chi connectivity index (χ4v) is 3.47. The third kappa shape index (κ3) is 6.69. The SMILES string of the molecule is COC(=O)CNC(=O)C(NC(=O)C(C)(C)NC(=O)OCc1ccccc1)(c1ccccn1)c1ccccn1. The molecule has 2 aromatic heterocycles. The van der Waals surface area contributed by atoms with Crippen LogP contribution in [0.3, 0.4) is 0 Å². The van der Waals surface area contributed by atoms with Crippen LogP contribution in [0.4, 0.5) is 4.79 Å². The van der Waals surface area contributed by atoms with Gasteiger partial charge in [-0.2, -0.15) is 0 Å². The van der Waals surface area contributed by atoms with E-state index in [0.717, 1.165) is 5.56 Å². The number of alkyl carbamates (subject to hydrolysis) is 1. The lowest BCUT2D eigenvalue weighted by Crippen LogP contribution is -2.64. The van der Waals surface area contributed by atoms with Gasteiger partial charge in [0.05, 0.1) is 18.5 Å². The quantitative estimate of drug-likeness (QED) is 0.344. The molecule has 0 aliphatic carbocycles. The number of pyridine rings is 2. The molecule has 0 fully saturated rings. The Bertz CT molecular complexity index is 1210. The average Bonchev–Trinajstić information content (AvgIpc) is 2.94. The molecule has 0 aliphatic rings. The Kier molecular flexibility index (Phi) is 9.09. The van der Waals surface area contributed by atoms with Gasteiger partial charge >= 0.3 is 12.1 Å². The maximum atomic E-state index is 13.7. The van der Waals surface area contributed by atoms with Crippen molar-refractivity contribution in [1.82, 2.24) is 25.9 Å². The van der Waals surface area contributed by atoms with Gasteiger partial charge in [-0.1, -0.05) is 42.5 Å². The predicted octanol–water partition coefficient (Wildman–Crippen LogP) is 1.83. The highest BCUT2D eigenvalue weighted by molar-refractivity contribution is 5.99. The van der Waals surface area contributed by atoms with Gasteiger partial charge in [-0.25, -0.2) is 4.79 Å². The minimum Gasteiger partial charge on any atom is -0.468 e. The van der Waals surface area contributed by atoms with Gasteiger partial charge < -0.3 is 25.4 Å². The van der Waals surface area contributed by atoms with Gasteiger partial charge in [0.1, 0.15) is 18.7 Å². The van der Waals surface area contributed by atoms with E-state index in [2.05, 4.69) is 30.7 Å². The molecule has 11 heteroatoms. The zero-order valence-corrected chi connectivity index (χ0v) is 21.3. The minimum absolute atomic E-state index is 0.00607. The summed E-state index contributed by atoms with van der Waals surface area (Å²) in [6, 6.07) is 18.7. The molecule has 3 aromatic rings. The van der Waals surface area contributed by atoms with Gasteiger partial charge in [-0.3, -0.25) is 24.4 Å². The molecule has 0 saturated heterocycles. The number of carbonyl (C=O) groups excluding carboxylic acids is 4. The second kappa shape index (κ2) is 12.4. The van der Waals surface area contributed by atoms with Crippen molar-refractivity contribution in [2.75, 3.05) is 13.7 Å². The fraction of sp³-hybridized carbons (Fsp3) is 0.259. The van der Waals surface area contributed by atoms with Crippen LogP contribution in [-0.2, 0) is 36.0 Å². The Labute approximate surface area is 220 Å². The molecule has 2 heterocycles. The molecule has 11 nitrogen and oxygen atoms in total. The Morgan fingerprint density at radius 3 is 1.89 bits per heavy atom. The summed E-state index contributed by atoms with van der Waals surface area (Å²) in [4.78, 5) is 60.2. The van der Waals surface area contributed by atoms with Gasteiger partial charge in [0, 0.05) is 12.4 Å². The maximum Gasteiger partial charge on any atom is 0.408 e. The van der Waals surface area contributed by atoms with Crippen LogP contribution < -0.4 is 16.0 Å². The number of methoxy groups -OCH3 is 1. The Balaban J connectivity index is 1.92. The van der Waals surface area contributed by atoms with E-state index in [9.17, 15) is 19.2 Å². The highest BCUT2D eigenvalue weighted by Gasteiger charge is 2.48. The van der Waals surface area contributed by atoms with Crippen molar-refractivity contribution < 1.29 is 28.7 Å². The van der Waals surface area contributed by atoms with Gasteiger partial charge in [-0.15, -0.1) is 0 Å². The number of esters is 1. The van der Waals surface area contributed by atoms with Gasteiger partial charge in [0.2, 0.25) is 11.4 Å². The lowest BCUT2D eigenvalue weighted by atomic mass is 9.87. The van der Waals surface area contributed by atoms with E-state index in [0.29, 0.717) is 0 Å². The molecular formula is C27H29N5O6.